The first-order chi connectivity index (χ1) is 8.15. The monoisotopic (exact) mass is 235 g/mol. The average molecular weight is 235 g/mol. The van der Waals surface area contributed by atoms with Crippen molar-refractivity contribution in [1.82, 2.24) is 0 Å². The molecule has 1 aromatic rings. The van der Waals surface area contributed by atoms with Crippen LogP contribution in [0.1, 0.15) is 15.9 Å². The topological polar surface area (TPSA) is 64.6 Å². The number of carbonyl (C=O) groups is 2. The maximum absolute atomic E-state index is 11.4. The largest absolute Gasteiger partial charge is 0.467 e. The molecule has 0 radical (unpaired) electrons. The lowest BCUT2D eigenvalue weighted by molar-refractivity contribution is -0.141. The van der Waals surface area contributed by atoms with E-state index in [9.17, 15) is 9.59 Å². The van der Waals surface area contributed by atoms with E-state index in [0.717, 1.165) is 11.3 Å². The van der Waals surface area contributed by atoms with Gasteiger partial charge >= 0.3 is 11.9 Å². The zero-order chi connectivity index (χ0) is 12.4. The fourth-order valence-corrected chi connectivity index (χ4v) is 1.89. The van der Waals surface area contributed by atoms with E-state index in [1.807, 2.05) is 0 Å². The molecule has 0 amide bonds. The van der Waals surface area contributed by atoms with Crippen molar-refractivity contribution in [3.05, 3.63) is 29.3 Å². The van der Waals surface area contributed by atoms with E-state index >= 15 is 0 Å². The summed E-state index contributed by atoms with van der Waals surface area (Å²) in [7, 11) is 2.69. The van der Waals surface area contributed by atoms with Crippen LogP contribution in [-0.2, 0) is 20.7 Å². The summed E-state index contributed by atoms with van der Waals surface area (Å²) in [6, 6.07) is 4.79. The molecule has 0 aromatic heterocycles. The van der Waals surface area contributed by atoms with Gasteiger partial charge in [-0.15, -0.1) is 0 Å². The molecule has 1 N–H and O–H groups in total. The standard InChI is InChI=1S/C12H13NO4/c1-16-11(14)7-3-4-9-8(5-7)6-10(13-9)12(15)17-2/h3-5,10,13H,6H2,1-2H3. The van der Waals surface area contributed by atoms with Gasteiger partial charge in [-0.1, -0.05) is 0 Å². The maximum atomic E-state index is 11.4. The van der Waals surface area contributed by atoms with Crippen LogP contribution >= 0.6 is 0 Å². The van der Waals surface area contributed by atoms with Gasteiger partial charge < -0.3 is 14.8 Å². The highest BCUT2D eigenvalue weighted by Gasteiger charge is 2.27. The Morgan fingerprint density at radius 1 is 1.29 bits per heavy atom. The summed E-state index contributed by atoms with van der Waals surface area (Å²) in [5.41, 5.74) is 2.26. The van der Waals surface area contributed by atoms with Crippen LogP contribution in [0.5, 0.6) is 0 Å². The molecule has 1 unspecified atom stereocenters. The molecule has 1 aliphatic rings. The quantitative estimate of drug-likeness (QED) is 0.774. The predicted molar refractivity (Wildman–Crippen MR) is 60.9 cm³/mol. The number of rotatable bonds is 2. The van der Waals surface area contributed by atoms with E-state index in [1.165, 1.54) is 14.2 Å². The number of carbonyl (C=O) groups excluding carboxylic acids is 2. The van der Waals surface area contributed by atoms with Crippen LogP contribution in [0.4, 0.5) is 5.69 Å². The molecule has 0 aliphatic carbocycles. The zero-order valence-corrected chi connectivity index (χ0v) is 9.65. The molecule has 90 valence electrons. The Kier molecular flexibility index (Phi) is 2.99. The molecule has 0 fully saturated rings. The third kappa shape index (κ3) is 2.08. The lowest BCUT2D eigenvalue weighted by atomic mass is 10.1. The molecule has 1 aliphatic heterocycles. The Balaban J connectivity index is 2.22. The van der Waals surface area contributed by atoms with Crippen LogP contribution in [0.25, 0.3) is 0 Å². The molecule has 2 rings (SSSR count). The van der Waals surface area contributed by atoms with Gasteiger partial charge in [-0.25, -0.2) is 9.59 Å². The Hall–Kier alpha value is -2.04. The highest BCUT2D eigenvalue weighted by atomic mass is 16.5. The molecule has 1 aromatic carbocycles. The maximum Gasteiger partial charge on any atom is 0.337 e. The minimum absolute atomic E-state index is 0.305. The van der Waals surface area contributed by atoms with Gasteiger partial charge in [-0.05, 0) is 23.8 Å². The summed E-state index contributed by atoms with van der Waals surface area (Å²) in [5.74, 6) is -0.685. The molecule has 1 atom stereocenters. The Morgan fingerprint density at radius 2 is 2.06 bits per heavy atom. The number of nitrogens with one attached hydrogen (secondary N) is 1. The van der Waals surface area contributed by atoms with Gasteiger partial charge in [0.1, 0.15) is 6.04 Å². The van der Waals surface area contributed by atoms with E-state index in [4.69, 9.17) is 0 Å². The molecule has 17 heavy (non-hydrogen) atoms. The first-order valence-electron chi connectivity index (χ1n) is 5.21. The lowest BCUT2D eigenvalue weighted by Gasteiger charge is -2.07. The first-order valence-corrected chi connectivity index (χ1v) is 5.21. The van der Waals surface area contributed by atoms with Gasteiger partial charge in [-0.3, -0.25) is 0 Å². The summed E-state index contributed by atoms with van der Waals surface area (Å²) in [6.45, 7) is 0. The van der Waals surface area contributed by atoms with Gasteiger partial charge in [0.25, 0.3) is 0 Å². The van der Waals surface area contributed by atoms with Crippen molar-refractivity contribution in [2.75, 3.05) is 19.5 Å². The predicted octanol–water partition coefficient (Wildman–Crippen LogP) is 0.983. The highest BCUT2D eigenvalue weighted by molar-refractivity contribution is 5.91. The SMILES string of the molecule is COC(=O)c1ccc2c(c1)CC(C(=O)OC)N2. The second-order valence-electron chi connectivity index (χ2n) is 3.79. The number of fused-ring (bicyclic) bond motifs is 1. The van der Waals surface area contributed by atoms with Crippen molar-refractivity contribution >= 4 is 17.6 Å². The van der Waals surface area contributed by atoms with Crippen molar-refractivity contribution < 1.29 is 19.1 Å². The van der Waals surface area contributed by atoms with E-state index in [-0.39, 0.29) is 18.0 Å². The summed E-state index contributed by atoms with van der Waals surface area (Å²) in [6.07, 6.45) is 0.521. The number of methoxy groups -OCH3 is 2. The molecule has 0 spiro atoms. The molecule has 0 saturated carbocycles. The molecular formula is C12H13NO4. The highest BCUT2D eigenvalue weighted by Crippen LogP contribution is 2.27. The molecular weight excluding hydrogens is 222 g/mol. The summed E-state index contributed by atoms with van der Waals surface area (Å²) >= 11 is 0. The number of benzene rings is 1. The van der Waals surface area contributed by atoms with Crippen molar-refractivity contribution in [2.24, 2.45) is 0 Å². The third-order valence-electron chi connectivity index (χ3n) is 2.77. The van der Waals surface area contributed by atoms with Crippen molar-refractivity contribution in [1.29, 1.82) is 0 Å². The van der Waals surface area contributed by atoms with Gasteiger partial charge in [0.2, 0.25) is 0 Å². The molecule has 0 bridgehead atoms. The third-order valence-corrected chi connectivity index (χ3v) is 2.77. The summed E-state index contributed by atoms with van der Waals surface area (Å²) in [4.78, 5) is 22.7. The fourth-order valence-electron chi connectivity index (χ4n) is 1.89. The van der Waals surface area contributed by atoms with Crippen LogP contribution in [-0.4, -0.2) is 32.2 Å². The number of hydrogen-bond donors (Lipinski definition) is 1. The number of hydrogen-bond acceptors (Lipinski definition) is 5. The van der Waals surface area contributed by atoms with E-state index < -0.39 is 0 Å². The number of anilines is 1. The fraction of sp³-hybridized carbons (Fsp3) is 0.333. The van der Waals surface area contributed by atoms with E-state index in [2.05, 4.69) is 14.8 Å². The second kappa shape index (κ2) is 4.45. The van der Waals surface area contributed by atoms with Gasteiger partial charge in [-0.2, -0.15) is 0 Å². The van der Waals surface area contributed by atoms with Crippen LogP contribution in [0.2, 0.25) is 0 Å². The lowest BCUT2D eigenvalue weighted by Crippen LogP contribution is -2.27. The van der Waals surface area contributed by atoms with Crippen LogP contribution < -0.4 is 5.32 Å². The summed E-state index contributed by atoms with van der Waals surface area (Å²) < 4.78 is 9.31. The Labute approximate surface area is 98.7 Å². The molecule has 5 nitrogen and oxygen atoms in total. The molecule has 1 heterocycles. The Bertz CT molecular complexity index is 470. The van der Waals surface area contributed by atoms with Crippen LogP contribution in [0, 0.1) is 0 Å². The van der Waals surface area contributed by atoms with E-state index in [1.54, 1.807) is 18.2 Å². The summed E-state index contributed by atoms with van der Waals surface area (Å²) in [5, 5.41) is 3.04. The van der Waals surface area contributed by atoms with Gasteiger partial charge in [0.05, 0.1) is 19.8 Å². The van der Waals surface area contributed by atoms with Gasteiger partial charge in [0, 0.05) is 12.1 Å². The zero-order valence-electron chi connectivity index (χ0n) is 9.65. The van der Waals surface area contributed by atoms with Crippen LogP contribution in [0.15, 0.2) is 18.2 Å². The minimum Gasteiger partial charge on any atom is -0.467 e. The van der Waals surface area contributed by atoms with Crippen molar-refractivity contribution in [3.63, 3.8) is 0 Å². The minimum atomic E-state index is -0.380. The molecule has 0 saturated heterocycles. The Morgan fingerprint density at radius 3 is 2.71 bits per heavy atom. The number of esters is 2. The average Bonchev–Trinajstić information content (AvgIpc) is 2.79. The van der Waals surface area contributed by atoms with E-state index in [0.29, 0.717) is 12.0 Å². The van der Waals surface area contributed by atoms with Gasteiger partial charge in [0.15, 0.2) is 0 Å². The van der Waals surface area contributed by atoms with Crippen molar-refractivity contribution in [3.8, 4) is 0 Å². The smallest absolute Gasteiger partial charge is 0.337 e. The normalized spacial score (nSPS) is 16.9. The van der Waals surface area contributed by atoms with Crippen LogP contribution in [0.3, 0.4) is 0 Å². The van der Waals surface area contributed by atoms with Crippen molar-refractivity contribution in [2.45, 2.75) is 12.5 Å². The molecule has 5 heteroatoms. The first kappa shape index (κ1) is 11.4. The second-order valence-corrected chi connectivity index (χ2v) is 3.79. The number of ether oxygens (including phenoxy) is 2.